The lowest BCUT2D eigenvalue weighted by Gasteiger charge is -2.31. The molecule has 1 aliphatic heterocycles. The van der Waals surface area contributed by atoms with E-state index in [4.69, 9.17) is 9.47 Å². The van der Waals surface area contributed by atoms with E-state index in [2.05, 4.69) is 17.1 Å². The molecule has 0 atom stereocenters. The molecular weight excluding hydrogens is 252 g/mol. The van der Waals surface area contributed by atoms with Crippen LogP contribution in [-0.2, 0) is 9.47 Å². The first kappa shape index (κ1) is 18.1. The topological polar surface area (TPSA) is 33.7 Å². The SMILES string of the molecule is CCNCC1CCN(CCOCCOC)CC1.Cl. The van der Waals surface area contributed by atoms with Gasteiger partial charge in [0.1, 0.15) is 0 Å². The Morgan fingerprint density at radius 1 is 1.17 bits per heavy atom. The van der Waals surface area contributed by atoms with Crippen LogP contribution in [0.4, 0.5) is 0 Å². The summed E-state index contributed by atoms with van der Waals surface area (Å²) in [6, 6.07) is 0. The fraction of sp³-hybridized carbons (Fsp3) is 1.00. The standard InChI is InChI=1S/C13H28N2O2.ClH/c1-3-14-12-13-4-6-15(7-5-13)8-9-17-11-10-16-2;/h13-14H,3-12H2,1-2H3;1H. The van der Waals surface area contributed by atoms with Gasteiger partial charge in [-0.15, -0.1) is 12.4 Å². The van der Waals surface area contributed by atoms with E-state index in [9.17, 15) is 0 Å². The van der Waals surface area contributed by atoms with E-state index in [1.54, 1.807) is 7.11 Å². The summed E-state index contributed by atoms with van der Waals surface area (Å²) in [5, 5.41) is 3.44. The van der Waals surface area contributed by atoms with Gasteiger partial charge in [-0.3, -0.25) is 0 Å². The summed E-state index contributed by atoms with van der Waals surface area (Å²) in [5.41, 5.74) is 0. The molecular formula is C13H29ClN2O2. The van der Waals surface area contributed by atoms with Crippen LogP contribution in [-0.4, -0.2) is 64.6 Å². The summed E-state index contributed by atoms with van der Waals surface area (Å²) in [4.78, 5) is 2.51. The third-order valence-electron chi connectivity index (χ3n) is 3.37. The van der Waals surface area contributed by atoms with Gasteiger partial charge in [-0.25, -0.2) is 0 Å². The molecule has 0 saturated carbocycles. The highest BCUT2D eigenvalue weighted by Gasteiger charge is 2.18. The molecule has 1 fully saturated rings. The third kappa shape index (κ3) is 8.27. The predicted octanol–water partition coefficient (Wildman–Crippen LogP) is 1.39. The van der Waals surface area contributed by atoms with Gasteiger partial charge in [-0.1, -0.05) is 6.92 Å². The first-order chi connectivity index (χ1) is 8.36. The van der Waals surface area contributed by atoms with Crippen LogP contribution in [0.3, 0.4) is 0 Å². The lowest BCUT2D eigenvalue weighted by atomic mass is 9.97. The second kappa shape index (κ2) is 12.2. The normalized spacial score (nSPS) is 17.7. The van der Waals surface area contributed by atoms with E-state index in [1.165, 1.54) is 32.5 Å². The highest BCUT2D eigenvalue weighted by atomic mass is 35.5. The van der Waals surface area contributed by atoms with Gasteiger partial charge in [-0.2, -0.15) is 0 Å². The third-order valence-corrected chi connectivity index (χ3v) is 3.37. The Hall–Kier alpha value is 0.130. The molecule has 1 rings (SSSR count). The van der Waals surface area contributed by atoms with Gasteiger partial charge >= 0.3 is 0 Å². The Morgan fingerprint density at radius 2 is 1.89 bits per heavy atom. The molecule has 0 aromatic rings. The van der Waals surface area contributed by atoms with Crippen molar-refractivity contribution in [2.45, 2.75) is 19.8 Å². The number of hydrogen-bond donors (Lipinski definition) is 1. The number of likely N-dealkylation sites (tertiary alicyclic amines) is 1. The van der Waals surface area contributed by atoms with E-state index in [-0.39, 0.29) is 12.4 Å². The maximum Gasteiger partial charge on any atom is 0.0700 e. The number of hydrogen-bond acceptors (Lipinski definition) is 4. The maximum atomic E-state index is 5.49. The zero-order chi connectivity index (χ0) is 12.3. The van der Waals surface area contributed by atoms with E-state index in [0.29, 0.717) is 13.2 Å². The van der Waals surface area contributed by atoms with Gasteiger partial charge in [0.05, 0.1) is 19.8 Å². The van der Waals surface area contributed by atoms with Crippen LogP contribution >= 0.6 is 12.4 Å². The minimum atomic E-state index is 0. The van der Waals surface area contributed by atoms with E-state index < -0.39 is 0 Å². The fourth-order valence-corrected chi connectivity index (χ4v) is 2.20. The minimum Gasteiger partial charge on any atom is -0.382 e. The van der Waals surface area contributed by atoms with Crippen molar-refractivity contribution in [2.24, 2.45) is 5.92 Å². The Bertz CT molecular complexity index is 174. The fourth-order valence-electron chi connectivity index (χ4n) is 2.20. The monoisotopic (exact) mass is 280 g/mol. The molecule has 0 unspecified atom stereocenters. The highest BCUT2D eigenvalue weighted by Crippen LogP contribution is 2.15. The average Bonchev–Trinajstić information content (AvgIpc) is 2.37. The summed E-state index contributed by atoms with van der Waals surface area (Å²) < 4.78 is 10.4. The number of halogens is 1. The number of rotatable bonds is 9. The quantitative estimate of drug-likeness (QED) is 0.647. The molecule has 4 nitrogen and oxygen atoms in total. The zero-order valence-corrected chi connectivity index (χ0v) is 12.6. The highest BCUT2D eigenvalue weighted by molar-refractivity contribution is 5.85. The Labute approximate surface area is 118 Å². The number of methoxy groups -OCH3 is 1. The van der Waals surface area contributed by atoms with Gasteiger partial charge in [0.2, 0.25) is 0 Å². The Morgan fingerprint density at radius 3 is 2.50 bits per heavy atom. The Kier molecular flexibility index (Phi) is 12.3. The summed E-state index contributed by atoms with van der Waals surface area (Å²) >= 11 is 0. The molecule has 1 N–H and O–H groups in total. The van der Waals surface area contributed by atoms with Gasteiger partial charge in [0.15, 0.2) is 0 Å². The van der Waals surface area contributed by atoms with Crippen molar-refractivity contribution >= 4 is 12.4 Å². The first-order valence-electron chi connectivity index (χ1n) is 6.86. The van der Waals surface area contributed by atoms with Gasteiger partial charge in [-0.05, 0) is 44.9 Å². The van der Waals surface area contributed by atoms with Gasteiger partial charge < -0.3 is 19.7 Å². The van der Waals surface area contributed by atoms with Gasteiger partial charge in [0.25, 0.3) is 0 Å². The molecule has 0 aromatic heterocycles. The van der Waals surface area contributed by atoms with Crippen LogP contribution in [0, 0.1) is 5.92 Å². The molecule has 18 heavy (non-hydrogen) atoms. The number of nitrogens with zero attached hydrogens (tertiary/aromatic N) is 1. The molecule has 1 saturated heterocycles. The molecule has 0 radical (unpaired) electrons. The van der Waals surface area contributed by atoms with Crippen molar-refractivity contribution in [2.75, 3.05) is 59.7 Å². The summed E-state index contributed by atoms with van der Waals surface area (Å²) in [6.45, 7) is 10.2. The van der Waals surface area contributed by atoms with E-state index in [0.717, 1.165) is 25.6 Å². The molecule has 0 bridgehead atoms. The van der Waals surface area contributed by atoms with Crippen molar-refractivity contribution in [3.63, 3.8) is 0 Å². The molecule has 1 heterocycles. The second-order valence-corrected chi connectivity index (χ2v) is 4.70. The molecule has 0 aromatic carbocycles. The van der Waals surface area contributed by atoms with Crippen LogP contribution in [0.25, 0.3) is 0 Å². The summed E-state index contributed by atoms with van der Waals surface area (Å²) in [7, 11) is 1.71. The van der Waals surface area contributed by atoms with Gasteiger partial charge in [0, 0.05) is 13.7 Å². The van der Waals surface area contributed by atoms with Crippen molar-refractivity contribution in [1.29, 1.82) is 0 Å². The molecule has 5 heteroatoms. The molecule has 0 amide bonds. The van der Waals surface area contributed by atoms with Crippen LogP contribution in [0.5, 0.6) is 0 Å². The molecule has 1 aliphatic rings. The van der Waals surface area contributed by atoms with Crippen molar-refractivity contribution in [3.05, 3.63) is 0 Å². The Balaban J connectivity index is 0.00000289. The summed E-state index contributed by atoms with van der Waals surface area (Å²) in [5.74, 6) is 0.876. The predicted molar refractivity (Wildman–Crippen MR) is 77.7 cm³/mol. The minimum absolute atomic E-state index is 0. The maximum absolute atomic E-state index is 5.49. The number of piperidine rings is 1. The van der Waals surface area contributed by atoms with E-state index in [1.807, 2.05) is 0 Å². The molecule has 0 aliphatic carbocycles. The van der Waals surface area contributed by atoms with Crippen molar-refractivity contribution in [3.8, 4) is 0 Å². The van der Waals surface area contributed by atoms with Crippen LogP contribution in [0.15, 0.2) is 0 Å². The lowest BCUT2D eigenvalue weighted by molar-refractivity contribution is 0.0510. The summed E-state index contributed by atoms with van der Waals surface area (Å²) in [6.07, 6.45) is 2.65. The number of nitrogens with one attached hydrogen (secondary N) is 1. The zero-order valence-electron chi connectivity index (χ0n) is 11.8. The van der Waals surface area contributed by atoms with Crippen LogP contribution < -0.4 is 5.32 Å². The smallest absolute Gasteiger partial charge is 0.0700 e. The second-order valence-electron chi connectivity index (χ2n) is 4.70. The van der Waals surface area contributed by atoms with Crippen LogP contribution in [0.1, 0.15) is 19.8 Å². The molecule has 110 valence electrons. The van der Waals surface area contributed by atoms with Crippen molar-refractivity contribution in [1.82, 2.24) is 10.2 Å². The van der Waals surface area contributed by atoms with E-state index >= 15 is 0 Å². The number of ether oxygens (including phenoxy) is 2. The van der Waals surface area contributed by atoms with Crippen LogP contribution in [0.2, 0.25) is 0 Å². The first-order valence-corrected chi connectivity index (χ1v) is 6.86. The van der Waals surface area contributed by atoms with Crippen molar-refractivity contribution < 1.29 is 9.47 Å². The largest absolute Gasteiger partial charge is 0.382 e. The average molecular weight is 281 g/mol. The lowest BCUT2D eigenvalue weighted by Crippen LogP contribution is -2.38. The molecule has 0 spiro atoms.